The third kappa shape index (κ3) is 3.75. The van der Waals surface area contributed by atoms with Gasteiger partial charge in [-0.1, -0.05) is 36.4 Å². The van der Waals surface area contributed by atoms with Gasteiger partial charge in [0.05, 0.1) is 23.4 Å². The van der Waals surface area contributed by atoms with E-state index in [2.05, 4.69) is 4.98 Å². The average molecular weight is 384 g/mol. The number of nitrogen functional groups attached to an aromatic ring is 1. The van der Waals surface area contributed by atoms with Gasteiger partial charge in [-0.3, -0.25) is 0 Å². The fourth-order valence-corrected chi connectivity index (χ4v) is 3.31. The molecule has 0 amide bonds. The van der Waals surface area contributed by atoms with Gasteiger partial charge >= 0.3 is 5.97 Å². The quantitative estimate of drug-likeness (QED) is 0.459. The largest absolute Gasteiger partial charge is 0.494 e. The molecule has 0 saturated carbocycles. The van der Waals surface area contributed by atoms with E-state index < -0.39 is 5.97 Å². The van der Waals surface area contributed by atoms with Crippen molar-refractivity contribution in [2.75, 3.05) is 12.3 Å². The summed E-state index contributed by atoms with van der Waals surface area (Å²) in [7, 11) is 0. The minimum absolute atomic E-state index is 0.188. The molecule has 5 nitrogen and oxygen atoms in total. The van der Waals surface area contributed by atoms with Crippen LogP contribution >= 0.6 is 0 Å². The number of rotatable bonds is 5. The number of benzene rings is 3. The van der Waals surface area contributed by atoms with E-state index in [0.717, 1.165) is 22.4 Å². The van der Waals surface area contributed by atoms with Crippen LogP contribution in [0.1, 0.15) is 17.3 Å². The molecule has 3 aromatic carbocycles. The molecule has 0 spiro atoms. The summed E-state index contributed by atoms with van der Waals surface area (Å²) in [6.45, 7) is 2.59. The molecule has 144 valence electrons. The molecule has 4 rings (SSSR count). The van der Waals surface area contributed by atoms with E-state index in [9.17, 15) is 9.90 Å². The van der Waals surface area contributed by atoms with Crippen LogP contribution in [0.2, 0.25) is 0 Å². The summed E-state index contributed by atoms with van der Waals surface area (Å²) in [5.74, 6) is -0.162. The lowest BCUT2D eigenvalue weighted by molar-refractivity contribution is 0.0699. The van der Waals surface area contributed by atoms with Crippen molar-refractivity contribution >= 4 is 22.6 Å². The highest BCUT2D eigenvalue weighted by atomic mass is 16.5. The van der Waals surface area contributed by atoms with Crippen LogP contribution in [0.15, 0.2) is 72.8 Å². The number of aromatic carboxylic acids is 1. The molecule has 0 bridgehead atoms. The fourth-order valence-electron chi connectivity index (χ4n) is 3.31. The van der Waals surface area contributed by atoms with Crippen LogP contribution in [0, 0.1) is 0 Å². The van der Waals surface area contributed by atoms with E-state index in [4.69, 9.17) is 10.5 Å². The highest BCUT2D eigenvalue weighted by Gasteiger charge is 2.13. The van der Waals surface area contributed by atoms with Crippen LogP contribution in [0.25, 0.3) is 33.3 Å². The summed E-state index contributed by atoms with van der Waals surface area (Å²) in [6.07, 6.45) is 0. The number of carboxylic acid groups (broad SMARTS) is 1. The number of carbonyl (C=O) groups is 1. The lowest BCUT2D eigenvalue weighted by Crippen LogP contribution is -2.01. The lowest BCUT2D eigenvalue weighted by atomic mass is 10.0. The number of aromatic nitrogens is 1. The topological polar surface area (TPSA) is 85.4 Å². The molecule has 0 saturated heterocycles. The predicted octanol–water partition coefficient (Wildman–Crippen LogP) is 5.25. The Morgan fingerprint density at radius 3 is 2.17 bits per heavy atom. The van der Waals surface area contributed by atoms with E-state index in [1.807, 2.05) is 55.5 Å². The van der Waals surface area contributed by atoms with Gasteiger partial charge in [0.15, 0.2) is 0 Å². The molecule has 29 heavy (non-hydrogen) atoms. The molecule has 3 N–H and O–H groups in total. The Labute approximate surface area is 168 Å². The zero-order valence-corrected chi connectivity index (χ0v) is 15.9. The molecule has 0 fully saturated rings. The van der Waals surface area contributed by atoms with Crippen LogP contribution < -0.4 is 10.5 Å². The van der Waals surface area contributed by atoms with Gasteiger partial charge in [-0.2, -0.15) is 0 Å². The number of hydrogen-bond acceptors (Lipinski definition) is 4. The van der Waals surface area contributed by atoms with Crippen molar-refractivity contribution in [2.45, 2.75) is 6.92 Å². The van der Waals surface area contributed by atoms with Crippen molar-refractivity contribution in [3.05, 3.63) is 78.4 Å². The second-order valence-electron chi connectivity index (χ2n) is 6.67. The van der Waals surface area contributed by atoms with Crippen LogP contribution in [0.4, 0.5) is 5.69 Å². The van der Waals surface area contributed by atoms with Crippen molar-refractivity contribution in [2.24, 2.45) is 0 Å². The number of ether oxygens (including phenoxy) is 1. The molecule has 4 aromatic rings. The van der Waals surface area contributed by atoms with E-state index in [1.165, 1.54) is 0 Å². The van der Waals surface area contributed by atoms with Crippen molar-refractivity contribution in [1.29, 1.82) is 0 Å². The van der Waals surface area contributed by atoms with E-state index in [1.54, 1.807) is 24.3 Å². The molecular weight excluding hydrogens is 364 g/mol. The highest BCUT2D eigenvalue weighted by molar-refractivity contribution is 6.04. The summed E-state index contributed by atoms with van der Waals surface area (Å²) in [6, 6.07) is 22.5. The van der Waals surface area contributed by atoms with Crippen molar-refractivity contribution < 1.29 is 14.6 Å². The van der Waals surface area contributed by atoms with E-state index in [0.29, 0.717) is 28.9 Å². The molecule has 1 aromatic heterocycles. The number of nitrogens with two attached hydrogens (primary N) is 1. The van der Waals surface area contributed by atoms with Gasteiger partial charge in [0.1, 0.15) is 5.75 Å². The number of hydrogen-bond donors (Lipinski definition) is 2. The van der Waals surface area contributed by atoms with Gasteiger partial charge in [0.25, 0.3) is 0 Å². The zero-order chi connectivity index (χ0) is 20.4. The van der Waals surface area contributed by atoms with Gasteiger partial charge < -0.3 is 15.6 Å². The summed E-state index contributed by atoms with van der Waals surface area (Å²) in [4.78, 5) is 16.4. The lowest BCUT2D eigenvalue weighted by Gasteiger charge is -2.09. The van der Waals surface area contributed by atoms with Gasteiger partial charge in [-0.05, 0) is 54.4 Å². The fraction of sp³-hybridized carbons (Fsp3) is 0.0833. The molecule has 0 atom stereocenters. The van der Waals surface area contributed by atoms with Crippen LogP contribution in [0.5, 0.6) is 5.75 Å². The van der Waals surface area contributed by atoms with Gasteiger partial charge in [-0.25, -0.2) is 9.78 Å². The van der Waals surface area contributed by atoms with Crippen molar-refractivity contribution in [3.8, 4) is 28.1 Å². The molecule has 0 unspecified atom stereocenters. The van der Waals surface area contributed by atoms with Crippen LogP contribution in [0.3, 0.4) is 0 Å². The second-order valence-corrected chi connectivity index (χ2v) is 6.67. The molecule has 0 aliphatic carbocycles. The molecular formula is C24H20N2O3. The molecule has 0 aliphatic rings. The van der Waals surface area contributed by atoms with E-state index in [-0.39, 0.29) is 5.56 Å². The Hall–Kier alpha value is -3.86. The number of anilines is 1. The first-order valence-corrected chi connectivity index (χ1v) is 9.32. The molecule has 5 heteroatoms. The van der Waals surface area contributed by atoms with Gasteiger partial charge in [0.2, 0.25) is 0 Å². The Bertz CT molecular complexity index is 1180. The smallest absolute Gasteiger partial charge is 0.336 e. The number of nitrogens with zero attached hydrogens (tertiary/aromatic N) is 1. The normalized spacial score (nSPS) is 10.8. The third-order valence-electron chi connectivity index (χ3n) is 4.74. The monoisotopic (exact) mass is 384 g/mol. The average Bonchev–Trinajstić information content (AvgIpc) is 2.74. The van der Waals surface area contributed by atoms with Crippen LogP contribution in [-0.4, -0.2) is 22.7 Å². The molecule has 0 aliphatic heterocycles. The summed E-state index contributed by atoms with van der Waals surface area (Å²) in [5, 5.41) is 10.2. The number of pyridine rings is 1. The number of fused-ring (bicyclic) bond motifs is 1. The molecule has 1 heterocycles. The minimum Gasteiger partial charge on any atom is -0.494 e. The first kappa shape index (κ1) is 18.5. The predicted molar refractivity (Wildman–Crippen MR) is 115 cm³/mol. The maximum absolute atomic E-state index is 11.7. The maximum Gasteiger partial charge on any atom is 0.336 e. The van der Waals surface area contributed by atoms with Crippen molar-refractivity contribution in [3.63, 3.8) is 0 Å². The van der Waals surface area contributed by atoms with E-state index >= 15 is 0 Å². The Morgan fingerprint density at radius 2 is 1.55 bits per heavy atom. The first-order valence-electron chi connectivity index (χ1n) is 9.32. The van der Waals surface area contributed by atoms with Gasteiger partial charge in [-0.15, -0.1) is 0 Å². The Kier molecular flexibility index (Phi) is 4.87. The SMILES string of the molecule is CCOc1ccc(-c2ccc(-c3cc(C(=O)O)c4cc(N)ccc4n3)cc2)cc1. The van der Waals surface area contributed by atoms with Crippen molar-refractivity contribution in [1.82, 2.24) is 4.98 Å². The standard InChI is InChI=1S/C24H20N2O3/c1-2-29-19-10-7-16(8-11-19)15-3-5-17(6-4-15)23-14-21(24(27)28)20-13-18(25)9-12-22(20)26-23/h3-14H,2,25H2,1H3,(H,27,28). The Morgan fingerprint density at radius 1 is 0.931 bits per heavy atom. The molecule has 0 radical (unpaired) electrons. The Balaban J connectivity index is 1.71. The minimum atomic E-state index is -1.00. The van der Waals surface area contributed by atoms with Gasteiger partial charge in [0, 0.05) is 16.6 Å². The zero-order valence-electron chi connectivity index (χ0n) is 15.9. The maximum atomic E-state index is 11.7. The summed E-state index contributed by atoms with van der Waals surface area (Å²) < 4.78 is 5.48. The third-order valence-corrected chi connectivity index (χ3v) is 4.74. The summed E-state index contributed by atoms with van der Waals surface area (Å²) in [5.41, 5.74) is 10.7. The number of carboxylic acids is 1. The highest BCUT2D eigenvalue weighted by Crippen LogP contribution is 2.29. The van der Waals surface area contributed by atoms with Crippen LogP contribution in [-0.2, 0) is 0 Å². The summed E-state index contributed by atoms with van der Waals surface area (Å²) >= 11 is 0. The first-order chi connectivity index (χ1) is 14.0. The second kappa shape index (κ2) is 7.64.